The van der Waals surface area contributed by atoms with Gasteiger partial charge in [-0.2, -0.15) is 0 Å². The van der Waals surface area contributed by atoms with Crippen molar-refractivity contribution in [2.45, 2.75) is 0 Å². The van der Waals surface area contributed by atoms with Gasteiger partial charge in [-0.15, -0.1) is 0 Å². The first-order valence-electron chi connectivity index (χ1n) is 6.27. The Hall–Kier alpha value is -2.68. The standard InChI is InChI=1S/C10H8O.C7H9NO/c11-10-6-5-8-3-1-2-4-9(8)7-10;1-9-7-5-3-2-4-6(7)8/h1-7,11H;2-5H,8H2,1H3. The van der Waals surface area contributed by atoms with Crippen molar-refractivity contribution in [3.8, 4) is 11.5 Å². The summed E-state index contributed by atoms with van der Waals surface area (Å²) in [6.45, 7) is 0. The number of nitrogens with two attached hydrogens (primary N) is 1. The second-order valence-electron chi connectivity index (χ2n) is 4.27. The van der Waals surface area contributed by atoms with Crippen LogP contribution in [0.25, 0.3) is 10.8 Å². The predicted octanol–water partition coefficient (Wildman–Crippen LogP) is 3.82. The van der Waals surface area contributed by atoms with Crippen LogP contribution in [0.2, 0.25) is 0 Å². The van der Waals surface area contributed by atoms with E-state index >= 15 is 0 Å². The SMILES string of the molecule is COc1ccccc1N.Oc1ccc2ccccc2c1. The molecule has 0 fully saturated rings. The van der Waals surface area contributed by atoms with Crippen LogP contribution < -0.4 is 10.5 Å². The molecule has 0 aliphatic carbocycles. The Balaban J connectivity index is 0.000000151. The van der Waals surface area contributed by atoms with E-state index in [4.69, 9.17) is 15.6 Å². The molecule has 0 aliphatic heterocycles. The molecule has 0 aliphatic rings. The van der Waals surface area contributed by atoms with Crippen molar-refractivity contribution in [2.24, 2.45) is 0 Å². The number of hydrogen-bond donors (Lipinski definition) is 2. The fourth-order valence-corrected chi connectivity index (χ4v) is 1.84. The molecule has 0 aromatic heterocycles. The van der Waals surface area contributed by atoms with Crippen molar-refractivity contribution in [1.82, 2.24) is 0 Å². The van der Waals surface area contributed by atoms with Gasteiger partial charge in [-0.05, 0) is 35.0 Å². The summed E-state index contributed by atoms with van der Waals surface area (Å²) in [5, 5.41) is 11.4. The van der Waals surface area contributed by atoms with Gasteiger partial charge in [-0.1, -0.05) is 42.5 Å². The van der Waals surface area contributed by atoms with Crippen LogP contribution in [0, 0.1) is 0 Å². The molecule has 3 aromatic carbocycles. The van der Waals surface area contributed by atoms with E-state index in [2.05, 4.69) is 0 Å². The van der Waals surface area contributed by atoms with Crippen molar-refractivity contribution in [2.75, 3.05) is 12.8 Å². The molecule has 3 rings (SSSR count). The van der Waals surface area contributed by atoms with Crippen molar-refractivity contribution >= 4 is 16.5 Å². The molecule has 0 saturated carbocycles. The van der Waals surface area contributed by atoms with E-state index in [1.54, 1.807) is 25.3 Å². The van der Waals surface area contributed by atoms with E-state index in [1.807, 2.05) is 48.5 Å². The number of phenols is 1. The summed E-state index contributed by atoms with van der Waals surface area (Å²) in [7, 11) is 1.60. The maximum absolute atomic E-state index is 9.13. The van der Waals surface area contributed by atoms with E-state index in [0.717, 1.165) is 16.5 Å². The minimum atomic E-state index is 0.323. The lowest BCUT2D eigenvalue weighted by molar-refractivity contribution is 0.417. The van der Waals surface area contributed by atoms with Gasteiger partial charge in [0.25, 0.3) is 0 Å². The maximum Gasteiger partial charge on any atom is 0.141 e. The van der Waals surface area contributed by atoms with Crippen LogP contribution >= 0.6 is 0 Å². The Morgan fingerprint density at radius 3 is 2.15 bits per heavy atom. The number of benzene rings is 3. The smallest absolute Gasteiger partial charge is 0.141 e. The number of anilines is 1. The van der Waals surface area contributed by atoms with Gasteiger partial charge in [0, 0.05) is 0 Å². The zero-order valence-electron chi connectivity index (χ0n) is 11.3. The lowest BCUT2D eigenvalue weighted by atomic mass is 10.1. The largest absolute Gasteiger partial charge is 0.508 e. The predicted molar refractivity (Wildman–Crippen MR) is 83.0 cm³/mol. The van der Waals surface area contributed by atoms with Crippen molar-refractivity contribution in [3.63, 3.8) is 0 Å². The van der Waals surface area contributed by atoms with Crippen molar-refractivity contribution in [3.05, 3.63) is 66.7 Å². The van der Waals surface area contributed by atoms with E-state index in [1.165, 1.54) is 0 Å². The second kappa shape index (κ2) is 6.48. The third-order valence-corrected chi connectivity index (χ3v) is 2.87. The minimum Gasteiger partial charge on any atom is -0.508 e. The van der Waals surface area contributed by atoms with Gasteiger partial charge in [0.1, 0.15) is 11.5 Å². The van der Waals surface area contributed by atoms with Gasteiger partial charge in [0.05, 0.1) is 12.8 Å². The third-order valence-electron chi connectivity index (χ3n) is 2.87. The van der Waals surface area contributed by atoms with Crippen molar-refractivity contribution in [1.29, 1.82) is 0 Å². The van der Waals surface area contributed by atoms with Crippen LogP contribution in [0.4, 0.5) is 5.69 Å². The first-order valence-corrected chi connectivity index (χ1v) is 6.27. The number of aromatic hydroxyl groups is 1. The number of nitrogen functional groups attached to an aromatic ring is 1. The van der Waals surface area contributed by atoms with Gasteiger partial charge in [0.2, 0.25) is 0 Å². The summed E-state index contributed by atoms with van der Waals surface area (Å²) < 4.78 is 4.92. The van der Waals surface area contributed by atoms with Gasteiger partial charge in [0.15, 0.2) is 0 Å². The molecule has 3 aromatic rings. The highest BCUT2D eigenvalue weighted by atomic mass is 16.5. The Bertz CT molecular complexity index is 695. The summed E-state index contributed by atoms with van der Waals surface area (Å²) >= 11 is 0. The molecule has 0 spiro atoms. The van der Waals surface area contributed by atoms with Crippen LogP contribution in [0.15, 0.2) is 66.7 Å². The number of fused-ring (bicyclic) bond motifs is 1. The molecule has 0 bridgehead atoms. The molecule has 3 heteroatoms. The maximum atomic E-state index is 9.13. The number of hydrogen-bond acceptors (Lipinski definition) is 3. The zero-order valence-corrected chi connectivity index (χ0v) is 11.3. The Kier molecular flexibility index (Phi) is 4.45. The molecule has 0 amide bonds. The first kappa shape index (κ1) is 13.7. The summed E-state index contributed by atoms with van der Waals surface area (Å²) in [6.07, 6.45) is 0. The van der Waals surface area contributed by atoms with E-state index in [0.29, 0.717) is 11.4 Å². The molecule has 102 valence electrons. The van der Waals surface area contributed by atoms with Crippen LogP contribution in [0.3, 0.4) is 0 Å². The number of ether oxygens (including phenoxy) is 1. The molecule has 3 N–H and O–H groups in total. The average Bonchev–Trinajstić information content (AvgIpc) is 2.48. The molecule has 20 heavy (non-hydrogen) atoms. The van der Waals surface area contributed by atoms with Crippen LogP contribution in [0.5, 0.6) is 11.5 Å². The van der Waals surface area contributed by atoms with Crippen LogP contribution in [-0.2, 0) is 0 Å². The topological polar surface area (TPSA) is 55.5 Å². The highest BCUT2D eigenvalue weighted by molar-refractivity contribution is 5.83. The number of phenolic OH excluding ortho intramolecular Hbond substituents is 1. The lowest BCUT2D eigenvalue weighted by Crippen LogP contribution is -1.89. The Labute approximate surface area is 118 Å². The number of rotatable bonds is 1. The number of methoxy groups -OCH3 is 1. The van der Waals surface area contributed by atoms with Crippen LogP contribution in [-0.4, -0.2) is 12.2 Å². The van der Waals surface area contributed by atoms with Gasteiger partial charge >= 0.3 is 0 Å². The van der Waals surface area contributed by atoms with E-state index < -0.39 is 0 Å². The first-order chi connectivity index (χ1) is 9.70. The summed E-state index contributed by atoms with van der Waals surface area (Å²) in [5.74, 6) is 1.06. The molecular weight excluding hydrogens is 250 g/mol. The summed E-state index contributed by atoms with van der Waals surface area (Å²) in [6, 6.07) is 20.7. The highest BCUT2D eigenvalue weighted by Crippen LogP contribution is 2.19. The highest BCUT2D eigenvalue weighted by Gasteiger charge is 1.92. The molecular formula is C17H17NO2. The molecule has 3 nitrogen and oxygen atoms in total. The van der Waals surface area contributed by atoms with Crippen molar-refractivity contribution < 1.29 is 9.84 Å². The Morgan fingerprint density at radius 1 is 0.850 bits per heavy atom. The van der Waals surface area contributed by atoms with E-state index in [9.17, 15) is 0 Å². The fourth-order valence-electron chi connectivity index (χ4n) is 1.84. The quantitative estimate of drug-likeness (QED) is 0.659. The van der Waals surface area contributed by atoms with Gasteiger partial charge in [-0.25, -0.2) is 0 Å². The Morgan fingerprint density at radius 2 is 1.50 bits per heavy atom. The zero-order chi connectivity index (χ0) is 14.4. The second-order valence-corrected chi connectivity index (χ2v) is 4.27. The van der Waals surface area contributed by atoms with Gasteiger partial charge in [-0.3, -0.25) is 0 Å². The number of para-hydroxylation sites is 2. The lowest BCUT2D eigenvalue weighted by Gasteiger charge is -2.00. The minimum absolute atomic E-state index is 0.323. The van der Waals surface area contributed by atoms with E-state index in [-0.39, 0.29) is 0 Å². The fraction of sp³-hybridized carbons (Fsp3) is 0.0588. The molecule has 0 radical (unpaired) electrons. The van der Waals surface area contributed by atoms with Crippen LogP contribution in [0.1, 0.15) is 0 Å². The average molecular weight is 267 g/mol. The summed E-state index contributed by atoms with van der Waals surface area (Å²) in [4.78, 5) is 0. The third kappa shape index (κ3) is 3.42. The van der Waals surface area contributed by atoms with Gasteiger partial charge < -0.3 is 15.6 Å². The molecule has 0 heterocycles. The molecule has 0 atom stereocenters. The molecule has 0 unspecified atom stereocenters. The normalized spacial score (nSPS) is 9.65. The monoisotopic (exact) mass is 267 g/mol. The summed E-state index contributed by atoms with van der Waals surface area (Å²) in [5.41, 5.74) is 6.19. The molecule has 0 saturated heterocycles.